The lowest BCUT2D eigenvalue weighted by molar-refractivity contribution is 0.0982. The predicted molar refractivity (Wildman–Crippen MR) is 62.0 cm³/mol. The van der Waals surface area contributed by atoms with E-state index in [4.69, 9.17) is 5.73 Å². The van der Waals surface area contributed by atoms with Crippen LogP contribution in [0.3, 0.4) is 0 Å². The number of carbonyl (C=O) groups is 2. The van der Waals surface area contributed by atoms with Crippen molar-refractivity contribution in [2.45, 2.75) is 0 Å². The van der Waals surface area contributed by atoms with Crippen LogP contribution in [0.25, 0.3) is 0 Å². The van der Waals surface area contributed by atoms with Crippen molar-refractivity contribution in [1.29, 1.82) is 0 Å². The van der Waals surface area contributed by atoms with Gasteiger partial charge in [-0.25, -0.2) is 0 Å². The SMILES string of the molecule is Nc1ccc2c(c1)C(=O)c1sccc1C2=O. The molecule has 0 bridgehead atoms. The highest BCUT2D eigenvalue weighted by Gasteiger charge is 2.30. The number of carbonyl (C=O) groups excluding carboxylic acids is 2. The fraction of sp³-hybridized carbons (Fsp3) is 0. The molecule has 0 radical (unpaired) electrons. The smallest absolute Gasteiger partial charge is 0.204 e. The molecule has 0 saturated carbocycles. The van der Waals surface area contributed by atoms with Crippen LogP contribution in [0.2, 0.25) is 0 Å². The number of thiophene rings is 1. The molecule has 3 nitrogen and oxygen atoms in total. The molecule has 0 saturated heterocycles. The lowest BCUT2D eigenvalue weighted by Gasteiger charge is -2.14. The Hall–Kier alpha value is -1.94. The fourth-order valence-corrected chi connectivity index (χ4v) is 2.72. The molecular formula is C12H7NO2S. The lowest BCUT2D eigenvalue weighted by atomic mass is 9.89. The van der Waals surface area contributed by atoms with Gasteiger partial charge in [-0.15, -0.1) is 11.3 Å². The molecule has 4 heteroatoms. The molecule has 1 aliphatic carbocycles. The van der Waals surface area contributed by atoms with Crippen LogP contribution in [0.1, 0.15) is 31.2 Å². The minimum atomic E-state index is -0.105. The predicted octanol–water partition coefficient (Wildman–Crippen LogP) is 2.11. The monoisotopic (exact) mass is 229 g/mol. The first-order valence-electron chi connectivity index (χ1n) is 4.75. The van der Waals surface area contributed by atoms with Gasteiger partial charge < -0.3 is 5.73 Å². The van der Waals surface area contributed by atoms with Crippen LogP contribution < -0.4 is 5.73 Å². The van der Waals surface area contributed by atoms with Gasteiger partial charge in [0.05, 0.1) is 4.88 Å². The summed E-state index contributed by atoms with van der Waals surface area (Å²) in [7, 11) is 0. The van der Waals surface area contributed by atoms with Gasteiger partial charge in [0.1, 0.15) is 0 Å². The number of benzene rings is 1. The van der Waals surface area contributed by atoms with Gasteiger partial charge in [-0.2, -0.15) is 0 Å². The van der Waals surface area contributed by atoms with Crippen molar-refractivity contribution in [2.75, 3.05) is 5.73 Å². The highest BCUT2D eigenvalue weighted by Crippen LogP contribution is 2.31. The van der Waals surface area contributed by atoms with Crippen LogP contribution in [-0.2, 0) is 0 Å². The van der Waals surface area contributed by atoms with Gasteiger partial charge in [0.25, 0.3) is 0 Å². The van der Waals surface area contributed by atoms with E-state index in [-0.39, 0.29) is 11.6 Å². The maximum Gasteiger partial charge on any atom is 0.204 e. The van der Waals surface area contributed by atoms with Crippen LogP contribution in [0, 0.1) is 0 Å². The van der Waals surface area contributed by atoms with E-state index in [1.54, 1.807) is 29.6 Å². The zero-order valence-corrected chi connectivity index (χ0v) is 9.01. The Morgan fingerprint density at radius 3 is 2.56 bits per heavy atom. The van der Waals surface area contributed by atoms with Gasteiger partial charge >= 0.3 is 0 Å². The third kappa shape index (κ3) is 1.07. The van der Waals surface area contributed by atoms with Gasteiger partial charge in [0.15, 0.2) is 5.78 Å². The van der Waals surface area contributed by atoms with E-state index in [0.29, 0.717) is 27.3 Å². The summed E-state index contributed by atoms with van der Waals surface area (Å²) in [5.41, 5.74) is 7.50. The fourth-order valence-electron chi connectivity index (χ4n) is 1.88. The Morgan fingerprint density at radius 1 is 0.938 bits per heavy atom. The third-order valence-electron chi connectivity index (χ3n) is 2.65. The normalized spacial score (nSPS) is 13.5. The summed E-state index contributed by atoms with van der Waals surface area (Å²) in [5.74, 6) is -0.197. The van der Waals surface area contributed by atoms with Crippen molar-refractivity contribution in [3.8, 4) is 0 Å². The molecule has 0 spiro atoms. The van der Waals surface area contributed by atoms with Crippen molar-refractivity contribution >= 4 is 28.6 Å². The second-order valence-electron chi connectivity index (χ2n) is 3.63. The molecule has 16 heavy (non-hydrogen) atoms. The van der Waals surface area contributed by atoms with Crippen molar-refractivity contribution < 1.29 is 9.59 Å². The van der Waals surface area contributed by atoms with Crippen molar-refractivity contribution in [2.24, 2.45) is 0 Å². The summed E-state index contributed by atoms with van der Waals surface area (Å²) in [6.45, 7) is 0. The molecule has 1 heterocycles. The molecule has 0 aliphatic heterocycles. The largest absolute Gasteiger partial charge is 0.399 e. The van der Waals surface area contributed by atoms with Crippen LogP contribution in [0.15, 0.2) is 29.6 Å². The first-order chi connectivity index (χ1) is 7.68. The topological polar surface area (TPSA) is 60.2 Å². The number of ketones is 2. The zero-order valence-electron chi connectivity index (χ0n) is 8.19. The maximum atomic E-state index is 12.1. The van der Waals surface area contributed by atoms with Crippen molar-refractivity contribution in [3.05, 3.63) is 51.2 Å². The molecule has 2 aromatic rings. The Bertz CT molecular complexity index is 628. The van der Waals surface area contributed by atoms with E-state index in [1.807, 2.05) is 0 Å². The van der Waals surface area contributed by atoms with Crippen molar-refractivity contribution in [3.63, 3.8) is 0 Å². The Morgan fingerprint density at radius 2 is 1.75 bits per heavy atom. The summed E-state index contributed by atoms with van der Waals surface area (Å²) in [6.07, 6.45) is 0. The average molecular weight is 229 g/mol. The molecule has 2 N–H and O–H groups in total. The molecule has 1 aromatic carbocycles. The maximum absolute atomic E-state index is 12.1. The second kappa shape index (κ2) is 3.02. The number of nitrogens with two attached hydrogens (primary N) is 1. The van der Waals surface area contributed by atoms with E-state index in [1.165, 1.54) is 11.3 Å². The summed E-state index contributed by atoms with van der Waals surface area (Å²) >= 11 is 1.30. The molecule has 1 aromatic heterocycles. The number of hydrogen-bond acceptors (Lipinski definition) is 4. The Balaban J connectivity index is 2.34. The van der Waals surface area contributed by atoms with Crippen molar-refractivity contribution in [1.82, 2.24) is 0 Å². The summed E-state index contributed by atoms with van der Waals surface area (Å²) in [6, 6.07) is 6.52. The minimum absolute atomic E-state index is 0.0918. The standard InChI is InChI=1S/C12H7NO2S/c13-6-1-2-7-9(5-6)11(15)12-8(10(7)14)3-4-16-12/h1-5H,13H2. The first-order valence-corrected chi connectivity index (χ1v) is 5.63. The van der Waals surface area contributed by atoms with Gasteiger partial charge in [0, 0.05) is 22.4 Å². The minimum Gasteiger partial charge on any atom is -0.399 e. The van der Waals surface area contributed by atoms with E-state index in [2.05, 4.69) is 0 Å². The molecular weight excluding hydrogens is 222 g/mol. The molecule has 0 amide bonds. The molecule has 0 fully saturated rings. The molecule has 3 rings (SSSR count). The van der Waals surface area contributed by atoms with Gasteiger partial charge in [-0.1, -0.05) is 0 Å². The zero-order chi connectivity index (χ0) is 11.3. The van der Waals surface area contributed by atoms with Crippen LogP contribution in [0.4, 0.5) is 5.69 Å². The van der Waals surface area contributed by atoms with E-state index < -0.39 is 0 Å². The highest BCUT2D eigenvalue weighted by atomic mass is 32.1. The molecule has 0 unspecified atom stereocenters. The van der Waals surface area contributed by atoms with Crippen LogP contribution in [0.5, 0.6) is 0 Å². The molecule has 1 aliphatic rings. The first kappa shape index (κ1) is 9.30. The van der Waals surface area contributed by atoms with E-state index >= 15 is 0 Å². The second-order valence-corrected chi connectivity index (χ2v) is 4.54. The summed E-state index contributed by atoms with van der Waals surface area (Å²) in [4.78, 5) is 24.6. The quantitative estimate of drug-likeness (QED) is 0.600. The van der Waals surface area contributed by atoms with E-state index in [0.717, 1.165) is 0 Å². The van der Waals surface area contributed by atoms with E-state index in [9.17, 15) is 9.59 Å². The molecule has 0 atom stereocenters. The number of hydrogen-bond donors (Lipinski definition) is 1. The number of fused-ring (bicyclic) bond motifs is 2. The highest BCUT2D eigenvalue weighted by molar-refractivity contribution is 7.12. The molecule has 78 valence electrons. The van der Waals surface area contributed by atoms with Gasteiger partial charge in [-0.3, -0.25) is 9.59 Å². The van der Waals surface area contributed by atoms with Gasteiger partial charge in [0.2, 0.25) is 5.78 Å². The van der Waals surface area contributed by atoms with Gasteiger partial charge in [-0.05, 0) is 29.6 Å². The summed E-state index contributed by atoms with van der Waals surface area (Å²) < 4.78 is 0. The van der Waals surface area contributed by atoms with Crippen LogP contribution >= 0.6 is 11.3 Å². The summed E-state index contributed by atoms with van der Waals surface area (Å²) in [5, 5.41) is 1.76. The number of anilines is 1. The number of nitrogen functional groups attached to an aromatic ring is 1. The number of rotatable bonds is 0. The van der Waals surface area contributed by atoms with Crippen LogP contribution in [-0.4, -0.2) is 11.6 Å². The Labute approximate surface area is 95.5 Å². The lowest BCUT2D eigenvalue weighted by Crippen LogP contribution is -2.18. The average Bonchev–Trinajstić information content (AvgIpc) is 2.75. The third-order valence-corrected chi connectivity index (χ3v) is 3.56. The Kier molecular flexibility index (Phi) is 1.76.